The monoisotopic (exact) mass is 949 g/mol. The number of carbonyl (C=O) groups excluding carboxylic acids is 2. The normalized spacial score (nSPS) is 22.1. The number of aromatic nitrogens is 5. The van der Waals surface area contributed by atoms with Gasteiger partial charge in [0.25, 0.3) is 5.91 Å². The summed E-state index contributed by atoms with van der Waals surface area (Å²) >= 11 is 0. The Morgan fingerprint density at radius 2 is 1.68 bits per heavy atom. The molecular weight excluding hydrogens is 892 g/mol. The SMILES string of the molecule is CCP(=O)(CC)c1cc(F)c(-n2ccn(-c3c4c(nn3-c3cc(C)c(F)c(C)c3)CCN(C(=O)c3cc5cc(C6CCOCC6)ccc5n3[C@@]3(C5NC(=O)ON5C)C[C@@H]3C)[C@H]4C)c2=O)cc1NC. The number of nitrogens with one attached hydrogen (secondary N) is 2. The van der Waals surface area contributed by atoms with Gasteiger partial charge in [-0.25, -0.2) is 23.1 Å². The number of ether oxygens (including phenoxy) is 1. The van der Waals surface area contributed by atoms with Gasteiger partial charge in [0.15, 0.2) is 0 Å². The zero-order chi connectivity index (χ0) is 48.1. The van der Waals surface area contributed by atoms with Gasteiger partial charge in [-0.15, -0.1) is 5.06 Å². The van der Waals surface area contributed by atoms with E-state index >= 15 is 13.6 Å². The molecule has 10 rings (SSSR count). The number of aryl methyl sites for hydroxylation is 2. The summed E-state index contributed by atoms with van der Waals surface area (Å²) in [4.78, 5) is 50.5. The number of imidazole rings is 1. The highest BCUT2D eigenvalue weighted by Crippen LogP contribution is 2.56. The van der Waals surface area contributed by atoms with Gasteiger partial charge < -0.3 is 28.9 Å². The molecule has 3 aromatic carbocycles. The number of anilines is 1. The molecule has 0 bridgehead atoms. The van der Waals surface area contributed by atoms with Crippen molar-refractivity contribution in [2.75, 3.05) is 51.5 Å². The molecule has 3 aromatic heterocycles. The van der Waals surface area contributed by atoms with Gasteiger partial charge in [0.2, 0.25) is 0 Å². The summed E-state index contributed by atoms with van der Waals surface area (Å²) in [5.74, 6) is -0.594. The number of hydrogen-bond acceptors (Lipinski definition) is 9. The third kappa shape index (κ3) is 7.05. The van der Waals surface area contributed by atoms with E-state index in [1.54, 1.807) is 55.9 Å². The molecule has 0 spiro atoms. The van der Waals surface area contributed by atoms with Gasteiger partial charge in [0.1, 0.15) is 36.5 Å². The predicted octanol–water partition coefficient (Wildman–Crippen LogP) is 8.03. The molecular formula is C50H58F2N9O6P. The van der Waals surface area contributed by atoms with E-state index in [-0.39, 0.29) is 23.3 Å². The molecule has 2 saturated heterocycles. The van der Waals surface area contributed by atoms with Gasteiger partial charge in [0.05, 0.1) is 28.6 Å². The van der Waals surface area contributed by atoms with Crippen molar-refractivity contribution in [2.45, 2.75) is 90.9 Å². The summed E-state index contributed by atoms with van der Waals surface area (Å²) in [6, 6.07) is 13.8. The van der Waals surface area contributed by atoms with Crippen LogP contribution < -0.4 is 21.6 Å². The second-order valence-electron chi connectivity index (χ2n) is 19.0. The zero-order valence-corrected chi connectivity index (χ0v) is 40.6. The van der Waals surface area contributed by atoms with Gasteiger partial charge in [-0.3, -0.25) is 19.2 Å². The Morgan fingerprint density at radius 3 is 2.31 bits per heavy atom. The maximum Gasteiger partial charge on any atom is 0.427 e. The minimum absolute atomic E-state index is 0.0376. The van der Waals surface area contributed by atoms with Crippen LogP contribution >= 0.6 is 7.14 Å². The molecule has 1 aliphatic carbocycles. The number of fused-ring (bicyclic) bond motifs is 2. The van der Waals surface area contributed by atoms with Gasteiger partial charge in [-0.05, 0) is 111 Å². The van der Waals surface area contributed by atoms with Crippen molar-refractivity contribution in [3.63, 3.8) is 0 Å². The molecule has 358 valence electrons. The number of amides is 2. The fraction of sp³-hybridized carbons (Fsp3) is 0.440. The Bertz CT molecular complexity index is 3120. The average molecular weight is 950 g/mol. The molecule has 68 heavy (non-hydrogen) atoms. The molecule has 2 N–H and O–H groups in total. The summed E-state index contributed by atoms with van der Waals surface area (Å²) in [5, 5.41) is 14.0. The van der Waals surface area contributed by atoms with E-state index < -0.39 is 42.5 Å². The number of rotatable bonds is 11. The summed E-state index contributed by atoms with van der Waals surface area (Å²) in [5.41, 5.74) is 4.14. The lowest BCUT2D eigenvalue weighted by Crippen LogP contribution is -2.50. The molecule has 3 aliphatic heterocycles. The van der Waals surface area contributed by atoms with E-state index in [2.05, 4.69) is 40.3 Å². The number of halogens is 2. The number of likely N-dealkylation sites (N-methyl/N-ethyl adjacent to an activating group) is 1. The first-order chi connectivity index (χ1) is 32.5. The minimum atomic E-state index is -2.92. The third-order valence-corrected chi connectivity index (χ3v) is 18.5. The second kappa shape index (κ2) is 16.9. The molecule has 18 heteroatoms. The lowest BCUT2D eigenvalue weighted by Gasteiger charge is -2.36. The highest BCUT2D eigenvalue weighted by atomic mass is 31.2. The predicted molar refractivity (Wildman–Crippen MR) is 257 cm³/mol. The Labute approximate surface area is 393 Å². The Morgan fingerprint density at radius 1 is 0.985 bits per heavy atom. The quantitative estimate of drug-likeness (QED) is 0.123. The number of nitrogens with zero attached hydrogens (tertiary/aromatic N) is 7. The first-order valence-corrected chi connectivity index (χ1v) is 25.7. The Kier molecular flexibility index (Phi) is 11.4. The van der Waals surface area contributed by atoms with Crippen molar-refractivity contribution in [1.29, 1.82) is 0 Å². The van der Waals surface area contributed by atoms with Crippen molar-refractivity contribution < 1.29 is 32.5 Å². The first-order valence-electron chi connectivity index (χ1n) is 23.6. The van der Waals surface area contributed by atoms with E-state index in [0.717, 1.165) is 23.7 Å². The molecule has 6 aromatic rings. The van der Waals surface area contributed by atoms with Crippen LogP contribution in [0.15, 0.2) is 65.7 Å². The average Bonchev–Trinajstić information content (AvgIpc) is 3.76. The minimum Gasteiger partial charge on any atom is -0.387 e. The molecule has 15 nitrogen and oxygen atoms in total. The van der Waals surface area contributed by atoms with Gasteiger partial charge >= 0.3 is 11.8 Å². The molecule has 6 heterocycles. The third-order valence-electron chi connectivity index (χ3n) is 15.2. The van der Waals surface area contributed by atoms with Gasteiger partial charge in [-0.2, -0.15) is 5.10 Å². The fourth-order valence-electron chi connectivity index (χ4n) is 11.3. The summed E-state index contributed by atoms with van der Waals surface area (Å²) in [6.07, 6.45) is 5.45. The molecule has 4 atom stereocenters. The van der Waals surface area contributed by atoms with Crippen LogP contribution in [0, 0.1) is 31.4 Å². The number of carbonyl (C=O) groups is 2. The number of hydrogen-bond donors (Lipinski definition) is 2. The van der Waals surface area contributed by atoms with E-state index in [4.69, 9.17) is 14.7 Å². The highest BCUT2D eigenvalue weighted by Gasteiger charge is 2.64. The van der Waals surface area contributed by atoms with Crippen LogP contribution in [0.3, 0.4) is 0 Å². The van der Waals surface area contributed by atoms with Crippen LogP contribution in [-0.2, 0) is 26.1 Å². The molecule has 1 unspecified atom stereocenters. The number of benzene rings is 3. The number of hydroxylamine groups is 2. The molecule has 4 aliphatic rings. The van der Waals surface area contributed by atoms with Gasteiger partial charge in [-0.1, -0.05) is 26.8 Å². The van der Waals surface area contributed by atoms with Crippen molar-refractivity contribution >= 4 is 41.0 Å². The maximum atomic E-state index is 16.3. The maximum absolute atomic E-state index is 16.3. The van der Waals surface area contributed by atoms with Crippen LogP contribution in [0.5, 0.6) is 0 Å². The highest BCUT2D eigenvalue weighted by molar-refractivity contribution is 7.71. The lowest BCUT2D eigenvalue weighted by molar-refractivity contribution is -0.0840. The Balaban J connectivity index is 1.12. The van der Waals surface area contributed by atoms with Crippen LogP contribution in [-0.4, -0.2) is 97.8 Å². The van der Waals surface area contributed by atoms with Gasteiger partial charge in [0, 0.05) is 92.5 Å². The molecule has 0 radical (unpaired) electrons. The van der Waals surface area contributed by atoms with Crippen LogP contribution in [0.1, 0.15) is 97.4 Å². The molecule has 1 saturated carbocycles. The van der Waals surface area contributed by atoms with E-state index in [9.17, 15) is 14.2 Å². The van der Waals surface area contributed by atoms with Crippen molar-refractivity contribution in [3.05, 3.63) is 117 Å². The van der Waals surface area contributed by atoms with Crippen molar-refractivity contribution in [1.82, 2.24) is 38.8 Å². The summed E-state index contributed by atoms with van der Waals surface area (Å²) < 4.78 is 57.4. The first kappa shape index (κ1) is 45.7. The van der Waals surface area contributed by atoms with Crippen molar-refractivity contribution in [2.24, 2.45) is 5.92 Å². The van der Waals surface area contributed by atoms with Crippen LogP contribution in [0.25, 0.3) is 28.1 Å². The molecule has 3 fully saturated rings. The Hall–Kier alpha value is -6.03. The smallest absolute Gasteiger partial charge is 0.387 e. The zero-order valence-electron chi connectivity index (χ0n) is 39.7. The fourth-order valence-corrected chi connectivity index (χ4v) is 13.4. The van der Waals surface area contributed by atoms with Crippen molar-refractivity contribution in [3.8, 4) is 17.2 Å². The lowest BCUT2D eigenvalue weighted by atomic mass is 9.91. The summed E-state index contributed by atoms with van der Waals surface area (Å²) in [6.45, 7) is 12.7. The topological polar surface area (TPSA) is 150 Å². The van der Waals surface area contributed by atoms with Crippen LogP contribution in [0.2, 0.25) is 0 Å². The van der Waals surface area contributed by atoms with E-state index in [1.165, 1.54) is 38.1 Å². The van der Waals surface area contributed by atoms with E-state index in [1.807, 2.05) is 26.8 Å². The summed E-state index contributed by atoms with van der Waals surface area (Å²) in [7, 11) is 0.475. The molecule has 2 amide bonds. The standard InChI is InChI=1S/C50H58F2N9O6P/c1-9-68(65,10-2)42-25-36(51)40(26-38(42)53-7)58-17-18-59(49(58)64)45-43-31(6)57(16-13-37(43)55-61(45)35-21-28(3)44(52)29(4)22-35)46(62)41-24-34-23-33(32-14-19-66-20-15-32)11-12-39(34)60(41)50(27-30(50)5)47-54-48(63)67-56(47)8/h11-12,17-18,21-26,30-32,47,53H,9-10,13-16,19-20,27H2,1-8H3,(H,54,63)/t30-,31-,47?,50-/m0/s1. The largest absolute Gasteiger partial charge is 0.427 e. The van der Waals surface area contributed by atoms with Crippen LogP contribution in [0.4, 0.5) is 19.3 Å². The van der Waals surface area contributed by atoms with E-state index in [0.29, 0.717) is 101 Å². The second-order valence-corrected chi connectivity index (χ2v) is 22.5.